The molecule has 0 bridgehead atoms. The topological polar surface area (TPSA) is 55.3 Å². The molecular formula is C8H12ClN3O2S. The van der Waals surface area contributed by atoms with E-state index in [1.54, 1.807) is 14.2 Å². The van der Waals surface area contributed by atoms with E-state index in [0.717, 1.165) is 11.5 Å². The van der Waals surface area contributed by atoms with Crippen LogP contribution in [0.5, 0.6) is 0 Å². The zero-order chi connectivity index (χ0) is 11.3. The lowest BCUT2D eigenvalue weighted by Crippen LogP contribution is -2.33. The molecule has 1 atom stereocenters. The Balaban J connectivity index is 2.47. The molecule has 84 valence electrons. The van der Waals surface area contributed by atoms with Gasteiger partial charge in [-0.3, -0.25) is 4.79 Å². The van der Waals surface area contributed by atoms with E-state index in [2.05, 4.69) is 9.59 Å². The van der Waals surface area contributed by atoms with Crippen LogP contribution < -0.4 is 0 Å². The summed E-state index contributed by atoms with van der Waals surface area (Å²) in [5.41, 5.74) is 0. The van der Waals surface area contributed by atoms with Crippen molar-refractivity contribution in [3.63, 3.8) is 0 Å². The van der Waals surface area contributed by atoms with Gasteiger partial charge < -0.3 is 9.64 Å². The molecule has 0 radical (unpaired) electrons. The van der Waals surface area contributed by atoms with Crippen LogP contribution in [0.25, 0.3) is 0 Å². The van der Waals surface area contributed by atoms with Gasteiger partial charge in [0.15, 0.2) is 0 Å². The molecule has 0 aliphatic rings. The van der Waals surface area contributed by atoms with Crippen molar-refractivity contribution in [2.24, 2.45) is 0 Å². The van der Waals surface area contributed by atoms with E-state index >= 15 is 0 Å². The third-order valence-electron chi connectivity index (χ3n) is 1.74. The maximum Gasteiger partial charge on any atom is 0.267 e. The molecule has 0 aliphatic heterocycles. The summed E-state index contributed by atoms with van der Waals surface area (Å²) in [6, 6.07) is 0. The van der Waals surface area contributed by atoms with Crippen molar-refractivity contribution >= 4 is 29.0 Å². The molecule has 1 amide bonds. The van der Waals surface area contributed by atoms with Gasteiger partial charge in [0, 0.05) is 20.7 Å². The summed E-state index contributed by atoms with van der Waals surface area (Å²) >= 11 is 7.01. The van der Waals surface area contributed by atoms with Gasteiger partial charge in [-0.15, -0.1) is 16.7 Å². The van der Waals surface area contributed by atoms with Gasteiger partial charge in [0.05, 0.1) is 18.2 Å². The average Bonchev–Trinajstić information content (AvgIpc) is 2.69. The van der Waals surface area contributed by atoms with Crippen LogP contribution in [-0.4, -0.2) is 53.1 Å². The summed E-state index contributed by atoms with van der Waals surface area (Å²) in [5, 5.41) is 3.40. The number of alkyl halides is 1. The Kier molecular flexibility index (Phi) is 4.93. The minimum atomic E-state index is -0.204. The summed E-state index contributed by atoms with van der Waals surface area (Å²) < 4.78 is 8.51. The number of carbonyl (C=O) groups excluding carboxylic acids is 1. The highest BCUT2D eigenvalue weighted by molar-refractivity contribution is 7.07. The molecule has 0 aromatic carbocycles. The summed E-state index contributed by atoms with van der Waals surface area (Å²) in [4.78, 5) is 13.7. The van der Waals surface area contributed by atoms with Gasteiger partial charge in [-0.05, 0) is 11.5 Å². The van der Waals surface area contributed by atoms with E-state index in [9.17, 15) is 4.79 Å². The van der Waals surface area contributed by atoms with E-state index in [1.165, 1.54) is 11.1 Å². The molecule has 1 aromatic heterocycles. The first-order valence-electron chi connectivity index (χ1n) is 4.31. The average molecular weight is 250 g/mol. The molecule has 1 heterocycles. The standard InChI is InChI=1S/C8H12ClN3O2S/c1-12(4-6(9)5-14-2)8(13)7-3-10-11-15-7/h3,6H,4-5H2,1-2H3. The van der Waals surface area contributed by atoms with Crippen molar-refractivity contribution in [2.75, 3.05) is 27.3 Å². The largest absolute Gasteiger partial charge is 0.383 e. The van der Waals surface area contributed by atoms with E-state index in [-0.39, 0.29) is 11.3 Å². The molecule has 1 aromatic rings. The van der Waals surface area contributed by atoms with Crippen molar-refractivity contribution in [3.05, 3.63) is 11.1 Å². The van der Waals surface area contributed by atoms with E-state index in [0.29, 0.717) is 18.0 Å². The molecule has 0 saturated carbocycles. The Labute approximate surface area is 97.1 Å². The summed E-state index contributed by atoms with van der Waals surface area (Å²) in [7, 11) is 3.26. The highest BCUT2D eigenvalue weighted by Crippen LogP contribution is 2.08. The Bertz CT molecular complexity index is 307. The van der Waals surface area contributed by atoms with Gasteiger partial charge in [-0.2, -0.15) is 0 Å². The Morgan fingerprint density at radius 2 is 2.53 bits per heavy atom. The minimum absolute atomic E-state index is 0.119. The number of carbonyl (C=O) groups is 1. The van der Waals surface area contributed by atoms with Crippen LogP contribution in [0.4, 0.5) is 0 Å². The van der Waals surface area contributed by atoms with Crippen molar-refractivity contribution < 1.29 is 9.53 Å². The number of halogens is 1. The third-order valence-corrected chi connectivity index (χ3v) is 2.65. The fourth-order valence-corrected chi connectivity index (χ4v) is 1.91. The van der Waals surface area contributed by atoms with Gasteiger partial charge in [0.2, 0.25) is 0 Å². The quantitative estimate of drug-likeness (QED) is 0.727. The van der Waals surface area contributed by atoms with E-state index in [1.807, 2.05) is 0 Å². The molecule has 15 heavy (non-hydrogen) atoms. The van der Waals surface area contributed by atoms with Crippen molar-refractivity contribution in [1.82, 2.24) is 14.5 Å². The van der Waals surface area contributed by atoms with Crippen molar-refractivity contribution in [1.29, 1.82) is 0 Å². The lowest BCUT2D eigenvalue weighted by molar-refractivity contribution is 0.0786. The molecule has 1 unspecified atom stereocenters. The summed E-state index contributed by atoms with van der Waals surface area (Å²) in [5.74, 6) is -0.119. The summed E-state index contributed by atoms with van der Waals surface area (Å²) in [6.07, 6.45) is 1.45. The van der Waals surface area contributed by atoms with Crippen LogP contribution in [-0.2, 0) is 4.74 Å². The van der Waals surface area contributed by atoms with Crippen LogP contribution in [0.2, 0.25) is 0 Å². The molecule has 7 heteroatoms. The highest BCUT2D eigenvalue weighted by Gasteiger charge is 2.17. The molecule has 0 saturated heterocycles. The first kappa shape index (κ1) is 12.4. The van der Waals surface area contributed by atoms with Crippen LogP contribution in [0, 0.1) is 0 Å². The molecule has 5 nitrogen and oxygen atoms in total. The Morgan fingerprint density at radius 3 is 3.07 bits per heavy atom. The van der Waals surface area contributed by atoms with E-state index < -0.39 is 0 Å². The van der Waals surface area contributed by atoms with Crippen LogP contribution in [0.15, 0.2) is 6.20 Å². The predicted molar refractivity (Wildman–Crippen MR) is 58.4 cm³/mol. The molecule has 1 rings (SSSR count). The number of hydrogen-bond donors (Lipinski definition) is 0. The van der Waals surface area contributed by atoms with Crippen LogP contribution in [0.3, 0.4) is 0 Å². The number of nitrogens with zero attached hydrogens (tertiary/aromatic N) is 3. The van der Waals surface area contributed by atoms with Crippen molar-refractivity contribution in [2.45, 2.75) is 5.38 Å². The highest BCUT2D eigenvalue weighted by atomic mass is 35.5. The number of ether oxygens (including phenoxy) is 1. The minimum Gasteiger partial charge on any atom is -0.383 e. The first-order chi connectivity index (χ1) is 7.15. The number of hydrogen-bond acceptors (Lipinski definition) is 5. The smallest absolute Gasteiger partial charge is 0.267 e. The van der Waals surface area contributed by atoms with Gasteiger partial charge in [0.25, 0.3) is 5.91 Å². The lowest BCUT2D eigenvalue weighted by Gasteiger charge is -2.18. The zero-order valence-corrected chi connectivity index (χ0v) is 10.1. The van der Waals surface area contributed by atoms with Gasteiger partial charge in [-0.25, -0.2) is 0 Å². The third kappa shape index (κ3) is 3.73. The number of rotatable bonds is 5. The normalized spacial score (nSPS) is 12.5. The number of methoxy groups -OCH3 is 1. The SMILES string of the molecule is COCC(Cl)CN(C)C(=O)c1cnns1. The second-order valence-electron chi connectivity index (χ2n) is 3.02. The second kappa shape index (κ2) is 5.99. The number of aromatic nitrogens is 2. The molecule has 0 aliphatic carbocycles. The van der Waals surface area contributed by atoms with Gasteiger partial charge in [0.1, 0.15) is 4.88 Å². The maximum atomic E-state index is 11.7. The van der Waals surface area contributed by atoms with Crippen LogP contribution in [0.1, 0.15) is 9.67 Å². The fraction of sp³-hybridized carbons (Fsp3) is 0.625. The van der Waals surface area contributed by atoms with Crippen molar-refractivity contribution in [3.8, 4) is 0 Å². The first-order valence-corrected chi connectivity index (χ1v) is 5.52. The van der Waals surface area contributed by atoms with Gasteiger partial charge >= 0.3 is 0 Å². The molecule has 0 N–H and O–H groups in total. The predicted octanol–water partition coefficient (Wildman–Crippen LogP) is 0.864. The number of amides is 1. The maximum absolute atomic E-state index is 11.7. The van der Waals surface area contributed by atoms with Gasteiger partial charge in [-0.1, -0.05) is 4.49 Å². The molecular weight excluding hydrogens is 238 g/mol. The van der Waals surface area contributed by atoms with E-state index in [4.69, 9.17) is 16.3 Å². The Hall–Kier alpha value is -0.720. The second-order valence-corrected chi connectivity index (χ2v) is 4.42. The van der Waals surface area contributed by atoms with Crippen LogP contribution >= 0.6 is 23.1 Å². The fourth-order valence-electron chi connectivity index (χ4n) is 1.06. The lowest BCUT2D eigenvalue weighted by atomic mass is 10.4. The molecule has 0 spiro atoms. The zero-order valence-electron chi connectivity index (χ0n) is 8.51. The monoisotopic (exact) mass is 249 g/mol. The summed E-state index contributed by atoms with van der Waals surface area (Å²) in [6.45, 7) is 0.853. The Morgan fingerprint density at radius 1 is 1.80 bits per heavy atom. The molecule has 0 fully saturated rings.